The summed E-state index contributed by atoms with van der Waals surface area (Å²) >= 11 is 3.28. The molecule has 84 valence electrons. The van der Waals surface area contributed by atoms with E-state index < -0.39 is 0 Å². The Morgan fingerprint density at radius 1 is 1.31 bits per heavy atom. The van der Waals surface area contributed by atoms with Gasteiger partial charge in [-0.3, -0.25) is 0 Å². The summed E-state index contributed by atoms with van der Waals surface area (Å²) in [6.07, 6.45) is 0. The van der Waals surface area contributed by atoms with Crippen LogP contribution in [0.15, 0.2) is 27.4 Å². The van der Waals surface area contributed by atoms with Crippen LogP contribution in [0.4, 0.5) is 0 Å². The number of benzene rings is 1. The monoisotopic (exact) mass is 251 g/mol. The lowest BCUT2D eigenvalue weighted by molar-refractivity contribution is 0.983. The van der Waals surface area contributed by atoms with E-state index in [9.17, 15) is 0 Å². The molecule has 1 heterocycles. The van der Waals surface area contributed by atoms with E-state index in [1.165, 1.54) is 10.5 Å². The molecule has 0 aliphatic heterocycles. The maximum atomic E-state index is 5.60. The maximum absolute atomic E-state index is 5.60. The molecule has 5 heteroatoms. The normalized spacial score (nSPS) is 10.7. The third-order valence-corrected chi connectivity index (χ3v) is 4.25. The first-order valence-electron chi connectivity index (χ1n) is 4.96. The lowest BCUT2D eigenvalue weighted by Crippen LogP contribution is -1.96. The molecule has 0 bridgehead atoms. The predicted molar refractivity (Wildman–Crippen MR) is 67.8 cm³/mol. The summed E-state index contributed by atoms with van der Waals surface area (Å²) in [5, 5.41) is 9.10. The SMILES string of the molecule is Cc1nnc(Sc2ccc(CN)cc2C)s1. The van der Waals surface area contributed by atoms with Gasteiger partial charge >= 0.3 is 0 Å². The zero-order valence-electron chi connectivity index (χ0n) is 9.23. The van der Waals surface area contributed by atoms with Gasteiger partial charge in [0.2, 0.25) is 0 Å². The first-order chi connectivity index (χ1) is 7.69. The largest absolute Gasteiger partial charge is 0.326 e. The van der Waals surface area contributed by atoms with Crippen LogP contribution in [0, 0.1) is 13.8 Å². The van der Waals surface area contributed by atoms with Crippen molar-refractivity contribution < 1.29 is 0 Å². The molecule has 16 heavy (non-hydrogen) atoms. The van der Waals surface area contributed by atoms with Gasteiger partial charge in [0.25, 0.3) is 0 Å². The first kappa shape index (κ1) is 11.6. The van der Waals surface area contributed by atoms with Crippen LogP contribution < -0.4 is 5.73 Å². The van der Waals surface area contributed by atoms with Gasteiger partial charge in [0, 0.05) is 11.4 Å². The summed E-state index contributed by atoms with van der Waals surface area (Å²) in [5.74, 6) is 0. The van der Waals surface area contributed by atoms with E-state index >= 15 is 0 Å². The first-order valence-corrected chi connectivity index (χ1v) is 6.60. The summed E-state index contributed by atoms with van der Waals surface area (Å²) in [4.78, 5) is 1.22. The Hall–Kier alpha value is -0.910. The molecule has 3 nitrogen and oxygen atoms in total. The average Bonchev–Trinajstić information content (AvgIpc) is 2.67. The highest BCUT2D eigenvalue weighted by Gasteiger charge is 2.06. The van der Waals surface area contributed by atoms with Gasteiger partial charge in [-0.1, -0.05) is 35.2 Å². The third kappa shape index (κ3) is 2.61. The van der Waals surface area contributed by atoms with Crippen LogP contribution in [0.25, 0.3) is 0 Å². The number of rotatable bonds is 3. The van der Waals surface area contributed by atoms with Gasteiger partial charge in [-0.2, -0.15) is 0 Å². The van der Waals surface area contributed by atoms with Crippen molar-refractivity contribution >= 4 is 23.1 Å². The quantitative estimate of drug-likeness (QED) is 0.911. The molecule has 0 amide bonds. The Labute approximate surface area is 103 Å². The fraction of sp³-hybridized carbons (Fsp3) is 0.273. The molecule has 1 aromatic heterocycles. The number of hydrogen-bond acceptors (Lipinski definition) is 5. The lowest BCUT2D eigenvalue weighted by atomic mass is 10.1. The van der Waals surface area contributed by atoms with E-state index in [2.05, 4.69) is 35.3 Å². The molecule has 0 spiro atoms. The second-order valence-electron chi connectivity index (χ2n) is 3.49. The van der Waals surface area contributed by atoms with Crippen LogP contribution >= 0.6 is 23.1 Å². The Morgan fingerprint density at radius 2 is 2.12 bits per heavy atom. The Morgan fingerprint density at radius 3 is 2.69 bits per heavy atom. The molecule has 0 fully saturated rings. The van der Waals surface area contributed by atoms with Gasteiger partial charge in [-0.05, 0) is 31.0 Å². The van der Waals surface area contributed by atoms with Gasteiger partial charge in [0.15, 0.2) is 4.34 Å². The Kier molecular flexibility index (Phi) is 3.58. The van der Waals surface area contributed by atoms with Crippen molar-refractivity contribution in [2.75, 3.05) is 0 Å². The highest BCUT2D eigenvalue weighted by molar-refractivity contribution is 8.01. The molecule has 1 aromatic carbocycles. The second-order valence-corrected chi connectivity index (χ2v) is 5.96. The third-order valence-electron chi connectivity index (χ3n) is 2.18. The number of aryl methyl sites for hydroxylation is 2. The highest BCUT2D eigenvalue weighted by Crippen LogP contribution is 2.32. The van der Waals surface area contributed by atoms with Gasteiger partial charge in [0.1, 0.15) is 5.01 Å². The molecule has 0 saturated carbocycles. The molecule has 0 aliphatic carbocycles. The van der Waals surface area contributed by atoms with Gasteiger partial charge in [-0.15, -0.1) is 10.2 Å². The van der Waals surface area contributed by atoms with Gasteiger partial charge < -0.3 is 5.73 Å². The van der Waals surface area contributed by atoms with E-state index in [-0.39, 0.29) is 0 Å². The minimum Gasteiger partial charge on any atom is -0.326 e. The van der Waals surface area contributed by atoms with E-state index in [4.69, 9.17) is 5.73 Å². The molecule has 0 unspecified atom stereocenters. The van der Waals surface area contributed by atoms with Crippen LogP contribution in [0.3, 0.4) is 0 Å². The molecule has 2 rings (SSSR count). The van der Waals surface area contributed by atoms with Crippen LogP contribution in [-0.4, -0.2) is 10.2 Å². The summed E-state index contributed by atoms with van der Waals surface area (Å²) in [7, 11) is 0. The summed E-state index contributed by atoms with van der Waals surface area (Å²) in [5.41, 5.74) is 8.00. The van der Waals surface area contributed by atoms with Crippen molar-refractivity contribution in [3.05, 3.63) is 34.3 Å². The zero-order chi connectivity index (χ0) is 11.5. The molecule has 0 saturated heterocycles. The van der Waals surface area contributed by atoms with Crippen LogP contribution in [0.5, 0.6) is 0 Å². The van der Waals surface area contributed by atoms with Crippen LogP contribution in [0.2, 0.25) is 0 Å². The number of nitrogens with two attached hydrogens (primary N) is 1. The molecule has 0 aliphatic rings. The predicted octanol–water partition coefficient (Wildman–Crippen LogP) is 2.76. The molecular weight excluding hydrogens is 238 g/mol. The molecule has 2 N–H and O–H groups in total. The Bertz CT molecular complexity index is 494. The van der Waals surface area contributed by atoms with Crippen molar-refractivity contribution in [3.63, 3.8) is 0 Å². The van der Waals surface area contributed by atoms with E-state index in [1.54, 1.807) is 23.1 Å². The van der Waals surface area contributed by atoms with Crippen molar-refractivity contribution in [2.24, 2.45) is 5.73 Å². The summed E-state index contributed by atoms with van der Waals surface area (Å²) in [6.45, 7) is 4.64. The maximum Gasteiger partial charge on any atom is 0.179 e. The highest BCUT2D eigenvalue weighted by atomic mass is 32.2. The number of aromatic nitrogens is 2. The smallest absolute Gasteiger partial charge is 0.179 e. The minimum atomic E-state index is 0.587. The van der Waals surface area contributed by atoms with E-state index in [0.717, 1.165) is 14.9 Å². The molecule has 0 atom stereocenters. The van der Waals surface area contributed by atoms with Crippen LogP contribution in [-0.2, 0) is 6.54 Å². The standard InChI is InChI=1S/C11H13N3S2/c1-7-5-9(6-12)3-4-10(7)16-11-14-13-8(2)15-11/h3-5H,6,12H2,1-2H3. The fourth-order valence-electron chi connectivity index (χ4n) is 1.37. The van der Waals surface area contributed by atoms with Crippen LogP contribution in [0.1, 0.15) is 16.1 Å². The van der Waals surface area contributed by atoms with Crippen molar-refractivity contribution in [3.8, 4) is 0 Å². The summed E-state index contributed by atoms with van der Waals surface area (Å²) in [6, 6.07) is 6.28. The lowest BCUT2D eigenvalue weighted by Gasteiger charge is -2.04. The topological polar surface area (TPSA) is 51.8 Å². The zero-order valence-corrected chi connectivity index (χ0v) is 10.9. The fourth-order valence-corrected chi connectivity index (χ4v) is 3.21. The molecular formula is C11H13N3S2. The average molecular weight is 251 g/mol. The molecule has 0 radical (unpaired) electrons. The van der Waals surface area contributed by atoms with E-state index in [1.807, 2.05) is 6.92 Å². The molecule has 2 aromatic rings. The van der Waals surface area contributed by atoms with Gasteiger partial charge in [-0.25, -0.2) is 0 Å². The second kappa shape index (κ2) is 4.95. The minimum absolute atomic E-state index is 0.587. The van der Waals surface area contributed by atoms with Gasteiger partial charge in [0.05, 0.1) is 0 Å². The van der Waals surface area contributed by atoms with Crippen molar-refractivity contribution in [1.29, 1.82) is 0 Å². The number of nitrogens with zero attached hydrogens (tertiary/aromatic N) is 2. The Balaban J connectivity index is 2.21. The number of hydrogen-bond donors (Lipinski definition) is 1. The van der Waals surface area contributed by atoms with Crippen molar-refractivity contribution in [1.82, 2.24) is 10.2 Å². The van der Waals surface area contributed by atoms with Crippen molar-refractivity contribution in [2.45, 2.75) is 29.6 Å². The van der Waals surface area contributed by atoms with E-state index in [0.29, 0.717) is 6.54 Å². The summed E-state index contributed by atoms with van der Waals surface area (Å²) < 4.78 is 0.987.